The molecule has 0 atom stereocenters. The second kappa shape index (κ2) is 6.05. The molecular weight excluding hydrogens is 360 g/mol. The highest BCUT2D eigenvalue weighted by molar-refractivity contribution is 7.90. The number of aromatic nitrogens is 2. The van der Waals surface area contributed by atoms with Crippen molar-refractivity contribution in [1.29, 1.82) is 0 Å². The minimum absolute atomic E-state index is 0.240. The Balaban J connectivity index is 2.45. The number of thiophene rings is 1. The third-order valence-electron chi connectivity index (χ3n) is 3.67. The second-order valence-corrected chi connectivity index (χ2v) is 9.16. The predicted octanol–water partition coefficient (Wildman–Crippen LogP) is 3.00. The third-order valence-corrected chi connectivity index (χ3v) is 5.96. The lowest BCUT2D eigenvalue weighted by molar-refractivity contribution is 0.0831. The van der Waals surface area contributed by atoms with Crippen LogP contribution in [0.5, 0.6) is 5.75 Å². The Kier molecular flexibility index (Phi) is 4.30. The van der Waals surface area contributed by atoms with Crippen molar-refractivity contribution in [2.24, 2.45) is 0 Å². The summed E-state index contributed by atoms with van der Waals surface area (Å²) in [6, 6.07) is 7.37. The number of para-hydroxylation sites is 1. The smallest absolute Gasteiger partial charge is 0.247 e. The van der Waals surface area contributed by atoms with Gasteiger partial charge >= 0.3 is 0 Å². The zero-order valence-corrected chi connectivity index (χ0v) is 15.9. The topological polar surface area (TPSA) is 89.4 Å². The highest BCUT2D eigenvalue weighted by Crippen LogP contribution is 2.45. The van der Waals surface area contributed by atoms with E-state index in [1.807, 2.05) is 24.3 Å². The van der Waals surface area contributed by atoms with Gasteiger partial charge in [0.05, 0.1) is 22.9 Å². The molecule has 0 aliphatic heterocycles. The summed E-state index contributed by atoms with van der Waals surface area (Å²) in [5, 5.41) is 10.4. The van der Waals surface area contributed by atoms with Crippen LogP contribution in [0.4, 0.5) is 0 Å². The van der Waals surface area contributed by atoms with E-state index in [9.17, 15) is 13.5 Å². The third kappa shape index (κ3) is 3.24. The number of rotatable bonds is 4. The van der Waals surface area contributed by atoms with Gasteiger partial charge in [0.25, 0.3) is 0 Å². The van der Waals surface area contributed by atoms with Crippen molar-refractivity contribution in [3.63, 3.8) is 0 Å². The molecule has 0 aliphatic rings. The standard InChI is InChI=1S/C17H18N2O4S2/c1-17(2,20)15-13(10-7-5-6-8-11(10)23-3)14-12(24-15)9-18-16(19-14)25(4,21)22/h5-9,20H,1-4H3. The Bertz CT molecular complexity index is 1050. The lowest BCUT2D eigenvalue weighted by Gasteiger charge is -2.18. The SMILES string of the molecule is COc1ccccc1-c1c(C(C)(C)O)sc2cnc(S(C)(=O)=O)nc12. The van der Waals surface area contributed by atoms with Gasteiger partial charge in [0.2, 0.25) is 15.0 Å². The molecule has 1 aromatic carbocycles. The van der Waals surface area contributed by atoms with Gasteiger partial charge in [-0.05, 0) is 19.9 Å². The Hall–Kier alpha value is -2.03. The molecule has 0 fully saturated rings. The lowest BCUT2D eigenvalue weighted by atomic mass is 9.96. The zero-order chi connectivity index (χ0) is 18.4. The van der Waals surface area contributed by atoms with Gasteiger partial charge in [0.1, 0.15) is 5.75 Å². The normalized spacial score (nSPS) is 12.5. The van der Waals surface area contributed by atoms with Gasteiger partial charge in [-0.2, -0.15) is 0 Å². The summed E-state index contributed by atoms with van der Waals surface area (Å²) in [7, 11) is -1.98. The predicted molar refractivity (Wildman–Crippen MR) is 97.8 cm³/mol. The van der Waals surface area contributed by atoms with Crippen LogP contribution in [0.3, 0.4) is 0 Å². The van der Waals surface area contributed by atoms with E-state index in [0.29, 0.717) is 26.4 Å². The maximum absolute atomic E-state index is 11.9. The number of fused-ring (bicyclic) bond motifs is 1. The number of ether oxygens (including phenoxy) is 1. The Morgan fingerprint density at radius 2 is 1.92 bits per heavy atom. The number of nitrogens with zero attached hydrogens (tertiary/aromatic N) is 2. The van der Waals surface area contributed by atoms with E-state index in [4.69, 9.17) is 4.74 Å². The summed E-state index contributed by atoms with van der Waals surface area (Å²) in [5.74, 6) is 0.618. The first-order chi connectivity index (χ1) is 11.6. The highest BCUT2D eigenvalue weighted by Gasteiger charge is 2.29. The fraction of sp³-hybridized carbons (Fsp3) is 0.294. The van der Waals surface area contributed by atoms with Gasteiger partial charge in [-0.1, -0.05) is 18.2 Å². The second-order valence-electron chi connectivity index (χ2n) is 6.20. The van der Waals surface area contributed by atoms with Gasteiger partial charge in [-0.15, -0.1) is 11.3 Å². The minimum Gasteiger partial charge on any atom is -0.496 e. The first-order valence-electron chi connectivity index (χ1n) is 7.48. The fourth-order valence-corrected chi connectivity index (χ4v) is 4.22. The van der Waals surface area contributed by atoms with Crippen molar-refractivity contribution < 1.29 is 18.3 Å². The van der Waals surface area contributed by atoms with Gasteiger partial charge in [0, 0.05) is 28.5 Å². The Morgan fingerprint density at radius 3 is 2.52 bits per heavy atom. The molecule has 6 nitrogen and oxygen atoms in total. The van der Waals surface area contributed by atoms with E-state index in [1.54, 1.807) is 21.0 Å². The van der Waals surface area contributed by atoms with Crippen LogP contribution in [-0.2, 0) is 15.4 Å². The van der Waals surface area contributed by atoms with Crippen LogP contribution in [0.1, 0.15) is 18.7 Å². The van der Waals surface area contributed by atoms with Gasteiger partial charge in [0.15, 0.2) is 0 Å². The molecule has 0 saturated carbocycles. The molecule has 25 heavy (non-hydrogen) atoms. The molecule has 0 spiro atoms. The number of sulfone groups is 1. The number of hydrogen-bond acceptors (Lipinski definition) is 7. The number of hydrogen-bond donors (Lipinski definition) is 1. The van der Waals surface area contributed by atoms with E-state index in [1.165, 1.54) is 17.5 Å². The van der Waals surface area contributed by atoms with E-state index >= 15 is 0 Å². The van der Waals surface area contributed by atoms with E-state index in [-0.39, 0.29) is 5.16 Å². The first kappa shape index (κ1) is 17.8. The Labute approximate surface area is 150 Å². The van der Waals surface area contributed by atoms with E-state index < -0.39 is 15.4 Å². The van der Waals surface area contributed by atoms with E-state index in [0.717, 1.165) is 11.8 Å². The van der Waals surface area contributed by atoms with Gasteiger partial charge in [-0.3, -0.25) is 0 Å². The molecular formula is C17H18N2O4S2. The summed E-state index contributed by atoms with van der Waals surface area (Å²) in [5.41, 5.74) is 0.762. The van der Waals surface area contributed by atoms with Crippen molar-refractivity contribution in [3.8, 4) is 16.9 Å². The molecule has 0 unspecified atom stereocenters. The van der Waals surface area contributed by atoms with Crippen molar-refractivity contribution in [1.82, 2.24) is 9.97 Å². The first-order valence-corrected chi connectivity index (χ1v) is 10.2. The summed E-state index contributed by atoms with van der Waals surface area (Å²) in [4.78, 5) is 8.90. The van der Waals surface area contributed by atoms with Crippen molar-refractivity contribution in [3.05, 3.63) is 35.3 Å². The average molecular weight is 378 g/mol. The molecule has 3 aromatic rings. The van der Waals surface area contributed by atoms with Gasteiger partial charge < -0.3 is 9.84 Å². The van der Waals surface area contributed by atoms with Crippen LogP contribution < -0.4 is 4.74 Å². The fourth-order valence-electron chi connectivity index (χ4n) is 2.59. The average Bonchev–Trinajstić information content (AvgIpc) is 2.92. The van der Waals surface area contributed by atoms with Gasteiger partial charge in [-0.25, -0.2) is 18.4 Å². The summed E-state index contributed by atoms with van der Waals surface area (Å²) >= 11 is 1.34. The molecule has 3 rings (SSSR count). The summed E-state index contributed by atoms with van der Waals surface area (Å²) < 4.78 is 29.9. The molecule has 2 heterocycles. The molecule has 0 saturated heterocycles. The molecule has 0 aliphatic carbocycles. The Morgan fingerprint density at radius 1 is 1.24 bits per heavy atom. The van der Waals surface area contributed by atoms with E-state index in [2.05, 4.69) is 9.97 Å². The molecule has 132 valence electrons. The molecule has 2 aromatic heterocycles. The lowest BCUT2D eigenvalue weighted by Crippen LogP contribution is -2.14. The minimum atomic E-state index is -3.55. The quantitative estimate of drug-likeness (QED) is 0.702. The maximum Gasteiger partial charge on any atom is 0.247 e. The summed E-state index contributed by atoms with van der Waals surface area (Å²) in [6.45, 7) is 3.36. The van der Waals surface area contributed by atoms with Crippen LogP contribution in [0.2, 0.25) is 0 Å². The largest absolute Gasteiger partial charge is 0.496 e. The number of aliphatic hydroxyl groups is 1. The van der Waals surface area contributed by atoms with Crippen molar-refractivity contribution in [2.75, 3.05) is 13.4 Å². The molecule has 0 amide bonds. The molecule has 8 heteroatoms. The van der Waals surface area contributed by atoms with Crippen LogP contribution in [0, 0.1) is 0 Å². The van der Waals surface area contributed by atoms with Crippen molar-refractivity contribution in [2.45, 2.75) is 24.6 Å². The highest BCUT2D eigenvalue weighted by atomic mass is 32.2. The molecule has 0 radical (unpaired) electrons. The summed E-state index contributed by atoms with van der Waals surface area (Å²) in [6.07, 6.45) is 2.55. The van der Waals surface area contributed by atoms with Crippen LogP contribution in [0.15, 0.2) is 35.6 Å². The van der Waals surface area contributed by atoms with Crippen molar-refractivity contribution >= 4 is 31.4 Å². The maximum atomic E-state index is 11.9. The zero-order valence-electron chi connectivity index (χ0n) is 14.3. The molecule has 0 bridgehead atoms. The molecule has 1 N–H and O–H groups in total. The monoisotopic (exact) mass is 378 g/mol. The van der Waals surface area contributed by atoms with Crippen LogP contribution in [-0.4, -0.2) is 36.9 Å². The van der Waals surface area contributed by atoms with Crippen LogP contribution in [0.25, 0.3) is 21.3 Å². The number of methoxy groups -OCH3 is 1. The number of benzene rings is 1. The van der Waals surface area contributed by atoms with Crippen LogP contribution >= 0.6 is 11.3 Å².